The number of hydrogen-bond donors (Lipinski definition) is 1. The van der Waals surface area contributed by atoms with E-state index >= 15 is 0 Å². The number of nitrogens with one attached hydrogen (secondary N) is 1. The van der Waals surface area contributed by atoms with Gasteiger partial charge in [-0.3, -0.25) is 9.69 Å². The maximum atomic E-state index is 13.1. The van der Waals surface area contributed by atoms with Crippen LogP contribution in [0, 0.1) is 0 Å². The highest BCUT2D eigenvalue weighted by Crippen LogP contribution is 2.31. The van der Waals surface area contributed by atoms with Gasteiger partial charge in [0.05, 0.1) is 18.7 Å². The van der Waals surface area contributed by atoms with Crippen molar-refractivity contribution in [3.05, 3.63) is 47.8 Å². The molecule has 170 valence electrons. The third-order valence-electron chi connectivity index (χ3n) is 6.92. The Morgan fingerprint density at radius 3 is 2.56 bits per heavy atom. The molecular formula is C24H33N7O. The number of nitrogens with zero attached hydrogens (tertiary/aromatic N) is 6. The van der Waals surface area contributed by atoms with E-state index in [1.54, 1.807) is 6.33 Å². The molecule has 2 saturated heterocycles. The van der Waals surface area contributed by atoms with Crippen LogP contribution in [0.4, 0.5) is 11.6 Å². The van der Waals surface area contributed by atoms with E-state index < -0.39 is 0 Å². The molecule has 0 aliphatic carbocycles. The lowest BCUT2D eigenvalue weighted by molar-refractivity contribution is -0.132. The van der Waals surface area contributed by atoms with Crippen LogP contribution in [-0.4, -0.2) is 84.6 Å². The van der Waals surface area contributed by atoms with E-state index in [4.69, 9.17) is 4.98 Å². The van der Waals surface area contributed by atoms with Crippen LogP contribution in [-0.2, 0) is 17.9 Å². The van der Waals surface area contributed by atoms with Crippen molar-refractivity contribution in [3.63, 3.8) is 0 Å². The number of benzene rings is 1. The van der Waals surface area contributed by atoms with E-state index in [9.17, 15) is 4.79 Å². The van der Waals surface area contributed by atoms with Gasteiger partial charge in [-0.05, 0) is 24.9 Å². The van der Waals surface area contributed by atoms with Crippen LogP contribution in [0.1, 0.15) is 24.0 Å². The number of fused-ring (bicyclic) bond motifs is 1. The number of carbonyl (C=O) groups excluding carboxylic acids is 1. The number of anilines is 2. The van der Waals surface area contributed by atoms with Crippen LogP contribution in [0.15, 0.2) is 36.7 Å². The van der Waals surface area contributed by atoms with Crippen molar-refractivity contribution in [3.8, 4) is 0 Å². The van der Waals surface area contributed by atoms with Gasteiger partial charge < -0.3 is 20.0 Å². The van der Waals surface area contributed by atoms with E-state index in [0.717, 1.165) is 75.9 Å². The van der Waals surface area contributed by atoms with Crippen molar-refractivity contribution < 1.29 is 4.79 Å². The number of piperazine rings is 1. The molecule has 8 heteroatoms. The van der Waals surface area contributed by atoms with Crippen molar-refractivity contribution in [1.82, 2.24) is 25.1 Å². The molecule has 4 heterocycles. The highest BCUT2D eigenvalue weighted by molar-refractivity contribution is 5.84. The van der Waals surface area contributed by atoms with E-state index in [0.29, 0.717) is 13.1 Å². The zero-order valence-corrected chi connectivity index (χ0v) is 18.9. The van der Waals surface area contributed by atoms with Crippen molar-refractivity contribution in [2.45, 2.75) is 32.0 Å². The molecule has 1 amide bonds. The van der Waals surface area contributed by atoms with Crippen LogP contribution >= 0.6 is 0 Å². The van der Waals surface area contributed by atoms with Gasteiger partial charge in [-0.25, -0.2) is 9.97 Å². The summed E-state index contributed by atoms with van der Waals surface area (Å²) < 4.78 is 0. The first-order valence-electron chi connectivity index (χ1n) is 11.8. The number of piperidine rings is 1. The zero-order chi connectivity index (χ0) is 21.9. The molecule has 0 bridgehead atoms. The smallest absolute Gasteiger partial charge is 0.242 e. The standard InChI is InChI=1S/C24H33N7O/c1-28-17-22(32)31(20-8-5-9-25-14-20)16-21-23(28)26-18-27-24(21)30-12-10-29(11-13-30)15-19-6-3-2-4-7-19/h2-4,6-7,18,20,25H,5,8-17H2,1H3. The lowest BCUT2D eigenvalue weighted by atomic mass is 10.0. The van der Waals surface area contributed by atoms with E-state index in [1.807, 2.05) is 11.9 Å². The second kappa shape index (κ2) is 9.42. The first-order valence-corrected chi connectivity index (χ1v) is 11.8. The highest BCUT2D eigenvalue weighted by atomic mass is 16.2. The second-order valence-corrected chi connectivity index (χ2v) is 9.13. The fourth-order valence-electron chi connectivity index (χ4n) is 5.16. The summed E-state index contributed by atoms with van der Waals surface area (Å²) in [4.78, 5) is 31.3. The zero-order valence-electron chi connectivity index (χ0n) is 18.9. The molecule has 0 saturated carbocycles. The molecule has 3 aliphatic rings. The number of rotatable bonds is 4. The minimum absolute atomic E-state index is 0.179. The Labute approximate surface area is 190 Å². The van der Waals surface area contributed by atoms with E-state index in [2.05, 4.69) is 55.3 Å². The third kappa shape index (κ3) is 4.42. The molecule has 5 rings (SSSR count). The number of likely N-dealkylation sites (N-methyl/N-ethyl adjacent to an activating group) is 1. The van der Waals surface area contributed by atoms with Crippen molar-refractivity contribution in [2.75, 3.05) is 62.7 Å². The Bertz CT molecular complexity index is 923. The van der Waals surface area contributed by atoms with Crippen LogP contribution in [0.25, 0.3) is 0 Å². The summed E-state index contributed by atoms with van der Waals surface area (Å²) >= 11 is 0. The molecule has 0 radical (unpaired) electrons. The molecule has 2 aromatic rings. The first kappa shape index (κ1) is 21.2. The Balaban J connectivity index is 1.34. The molecule has 0 spiro atoms. The summed E-state index contributed by atoms with van der Waals surface area (Å²) in [5, 5.41) is 3.46. The maximum absolute atomic E-state index is 13.1. The predicted octanol–water partition coefficient (Wildman–Crippen LogP) is 1.33. The summed E-state index contributed by atoms with van der Waals surface area (Å²) in [5.74, 6) is 2.06. The number of carbonyl (C=O) groups is 1. The largest absolute Gasteiger partial charge is 0.354 e. The molecule has 2 fully saturated rings. The van der Waals surface area contributed by atoms with Gasteiger partial charge in [0, 0.05) is 52.4 Å². The van der Waals surface area contributed by atoms with Crippen LogP contribution in [0.2, 0.25) is 0 Å². The average molecular weight is 436 g/mol. The topological polar surface area (TPSA) is 67.8 Å². The fourth-order valence-corrected chi connectivity index (χ4v) is 5.16. The molecule has 8 nitrogen and oxygen atoms in total. The Morgan fingerprint density at radius 2 is 1.81 bits per heavy atom. The molecule has 1 atom stereocenters. The predicted molar refractivity (Wildman–Crippen MR) is 126 cm³/mol. The molecule has 1 unspecified atom stereocenters. The normalized spacial score (nSPS) is 22.6. The minimum Gasteiger partial charge on any atom is -0.354 e. The van der Waals surface area contributed by atoms with Crippen LogP contribution < -0.4 is 15.1 Å². The number of hydrogen-bond acceptors (Lipinski definition) is 7. The fraction of sp³-hybridized carbons (Fsp3) is 0.542. The van der Waals surface area contributed by atoms with Gasteiger partial charge in [0.2, 0.25) is 5.91 Å². The third-order valence-corrected chi connectivity index (χ3v) is 6.92. The van der Waals surface area contributed by atoms with E-state index in [1.165, 1.54) is 5.56 Å². The summed E-state index contributed by atoms with van der Waals surface area (Å²) in [5.41, 5.74) is 2.44. The van der Waals surface area contributed by atoms with Gasteiger partial charge in [0.1, 0.15) is 18.0 Å². The minimum atomic E-state index is 0.179. The Morgan fingerprint density at radius 1 is 1.03 bits per heavy atom. The monoisotopic (exact) mass is 435 g/mol. The summed E-state index contributed by atoms with van der Waals surface area (Å²) in [7, 11) is 1.97. The van der Waals surface area contributed by atoms with Gasteiger partial charge in [0.25, 0.3) is 0 Å². The van der Waals surface area contributed by atoms with Crippen LogP contribution in [0.3, 0.4) is 0 Å². The molecule has 3 aliphatic heterocycles. The van der Waals surface area contributed by atoms with Gasteiger partial charge in [-0.15, -0.1) is 0 Å². The average Bonchev–Trinajstić information content (AvgIpc) is 2.96. The van der Waals surface area contributed by atoms with Crippen molar-refractivity contribution in [2.24, 2.45) is 0 Å². The number of aromatic nitrogens is 2. The summed E-state index contributed by atoms with van der Waals surface area (Å²) in [6.45, 7) is 7.70. The summed E-state index contributed by atoms with van der Waals surface area (Å²) in [6, 6.07) is 10.9. The molecule has 1 aromatic carbocycles. The van der Waals surface area contributed by atoms with Gasteiger partial charge in [0.15, 0.2) is 0 Å². The Hall–Kier alpha value is -2.71. The Kier molecular flexibility index (Phi) is 6.23. The van der Waals surface area contributed by atoms with Gasteiger partial charge >= 0.3 is 0 Å². The molecule has 1 N–H and O–H groups in total. The van der Waals surface area contributed by atoms with Crippen LogP contribution in [0.5, 0.6) is 0 Å². The maximum Gasteiger partial charge on any atom is 0.242 e. The van der Waals surface area contributed by atoms with Gasteiger partial charge in [-0.1, -0.05) is 30.3 Å². The molecule has 32 heavy (non-hydrogen) atoms. The second-order valence-electron chi connectivity index (χ2n) is 9.13. The SMILES string of the molecule is CN1CC(=O)N(C2CCCNC2)Cc2c1ncnc2N1CCN(Cc2ccccc2)CC1. The lowest BCUT2D eigenvalue weighted by Gasteiger charge is -2.37. The van der Waals surface area contributed by atoms with Crippen molar-refractivity contribution in [1.29, 1.82) is 0 Å². The highest BCUT2D eigenvalue weighted by Gasteiger charge is 2.33. The first-order chi connectivity index (χ1) is 15.7. The summed E-state index contributed by atoms with van der Waals surface area (Å²) in [6.07, 6.45) is 3.82. The molecule has 1 aromatic heterocycles. The van der Waals surface area contributed by atoms with E-state index in [-0.39, 0.29) is 11.9 Å². The lowest BCUT2D eigenvalue weighted by Crippen LogP contribution is -2.50. The van der Waals surface area contributed by atoms with Gasteiger partial charge in [-0.2, -0.15) is 0 Å². The van der Waals surface area contributed by atoms with Crippen molar-refractivity contribution >= 4 is 17.5 Å². The quantitative estimate of drug-likeness (QED) is 0.777. The number of amides is 1. The molecular weight excluding hydrogens is 402 g/mol.